The average molecular weight is 379 g/mol. The number of carbonyl (C=O) groups excluding carboxylic acids is 1. The summed E-state index contributed by atoms with van der Waals surface area (Å²) < 4.78 is 44.5. The molecule has 0 spiro atoms. The molecule has 10 heteroatoms. The molecule has 0 N–H and O–H groups in total. The monoisotopic (exact) mass is 379 g/mol. The van der Waals surface area contributed by atoms with Crippen LogP contribution in [0.2, 0.25) is 0 Å². The van der Waals surface area contributed by atoms with Gasteiger partial charge in [0, 0.05) is 13.1 Å². The molecule has 1 aliphatic rings. The Morgan fingerprint density at radius 3 is 2.85 bits per heavy atom. The zero-order valence-corrected chi connectivity index (χ0v) is 14.2. The number of halogens is 3. The second-order valence-electron chi connectivity index (χ2n) is 6.48. The normalized spacial score (nSPS) is 18.2. The first-order valence-electron chi connectivity index (χ1n) is 8.50. The van der Waals surface area contributed by atoms with E-state index in [9.17, 15) is 18.0 Å². The van der Waals surface area contributed by atoms with E-state index in [1.807, 2.05) is 24.3 Å². The van der Waals surface area contributed by atoms with Crippen LogP contribution in [0.1, 0.15) is 30.5 Å². The molecular weight excluding hydrogens is 363 g/mol. The van der Waals surface area contributed by atoms with E-state index in [0.717, 1.165) is 11.0 Å². The summed E-state index contributed by atoms with van der Waals surface area (Å²) in [4.78, 5) is 18.6. The van der Waals surface area contributed by atoms with Crippen molar-refractivity contribution in [2.24, 2.45) is 0 Å². The fourth-order valence-electron chi connectivity index (χ4n) is 3.30. The Kier molecular flexibility index (Phi) is 4.33. The predicted molar refractivity (Wildman–Crippen MR) is 87.6 cm³/mol. The van der Waals surface area contributed by atoms with E-state index in [-0.39, 0.29) is 24.9 Å². The zero-order valence-electron chi connectivity index (χ0n) is 14.2. The summed E-state index contributed by atoms with van der Waals surface area (Å²) in [5, 5.41) is 6.60. The summed E-state index contributed by atoms with van der Waals surface area (Å²) in [5.41, 5.74) is 1.65. The number of piperidine rings is 1. The van der Waals surface area contributed by atoms with Crippen LogP contribution in [0, 0.1) is 0 Å². The number of hydrogen-bond donors (Lipinski definition) is 0. The van der Waals surface area contributed by atoms with Gasteiger partial charge in [0.2, 0.25) is 11.8 Å². The van der Waals surface area contributed by atoms with Crippen molar-refractivity contribution in [3.8, 4) is 0 Å². The van der Waals surface area contributed by atoms with Gasteiger partial charge in [-0.2, -0.15) is 13.2 Å². The quantitative estimate of drug-likeness (QED) is 0.699. The average Bonchev–Trinajstić information content (AvgIpc) is 3.30. The second kappa shape index (κ2) is 6.67. The van der Waals surface area contributed by atoms with Crippen LogP contribution in [0.5, 0.6) is 0 Å². The molecule has 1 unspecified atom stereocenters. The first-order valence-corrected chi connectivity index (χ1v) is 8.50. The second-order valence-corrected chi connectivity index (χ2v) is 6.48. The van der Waals surface area contributed by atoms with Gasteiger partial charge in [0.25, 0.3) is 0 Å². The molecule has 2 aromatic heterocycles. The maximum absolute atomic E-state index is 12.7. The molecule has 3 aromatic rings. The highest BCUT2D eigenvalue weighted by Crippen LogP contribution is 2.32. The van der Waals surface area contributed by atoms with E-state index >= 15 is 0 Å². The molecule has 3 heterocycles. The van der Waals surface area contributed by atoms with Gasteiger partial charge in [0.05, 0.1) is 23.3 Å². The van der Waals surface area contributed by atoms with E-state index in [1.165, 1.54) is 0 Å². The summed E-state index contributed by atoms with van der Waals surface area (Å²) in [6.45, 7) is 0.915. The van der Waals surface area contributed by atoms with Gasteiger partial charge in [-0.05, 0) is 25.0 Å². The molecule has 1 aromatic carbocycles. The first-order chi connectivity index (χ1) is 12.9. The summed E-state index contributed by atoms with van der Waals surface area (Å²) >= 11 is 0. The molecule has 7 nitrogen and oxygen atoms in total. The Morgan fingerprint density at radius 2 is 2.07 bits per heavy atom. The largest absolute Gasteiger partial charge is 0.470 e. The molecule has 4 rings (SSSR count). The number of rotatable bonds is 3. The van der Waals surface area contributed by atoms with Crippen LogP contribution in [0.25, 0.3) is 11.0 Å². The summed E-state index contributed by atoms with van der Waals surface area (Å²) in [5.74, 6) is -1.96. The van der Waals surface area contributed by atoms with Gasteiger partial charge in [-0.3, -0.25) is 4.79 Å². The van der Waals surface area contributed by atoms with Gasteiger partial charge in [0.1, 0.15) is 6.54 Å². The Labute approximate surface area is 151 Å². The van der Waals surface area contributed by atoms with Crippen LogP contribution in [0.15, 0.2) is 35.0 Å². The molecule has 1 atom stereocenters. The van der Waals surface area contributed by atoms with Crippen LogP contribution >= 0.6 is 0 Å². The number of nitrogens with zero attached hydrogens (tertiary/aromatic N) is 5. The van der Waals surface area contributed by atoms with E-state index < -0.39 is 18.0 Å². The lowest BCUT2D eigenvalue weighted by atomic mass is 9.98. The van der Waals surface area contributed by atoms with Gasteiger partial charge in [-0.25, -0.2) is 4.98 Å². The third-order valence-corrected chi connectivity index (χ3v) is 4.64. The minimum Gasteiger partial charge on any atom is -0.417 e. The van der Waals surface area contributed by atoms with E-state index in [1.54, 1.807) is 15.8 Å². The Balaban J connectivity index is 1.46. The number of alkyl halides is 3. The molecule has 0 aliphatic carbocycles. The SMILES string of the molecule is O=C(Cn1cnc2ccccc21)N1CCCC(c2nnc(C(F)(F)F)o2)C1. The molecule has 1 fully saturated rings. The smallest absolute Gasteiger partial charge is 0.417 e. The number of likely N-dealkylation sites (tertiary alicyclic amines) is 1. The highest BCUT2D eigenvalue weighted by atomic mass is 19.4. The summed E-state index contributed by atoms with van der Waals surface area (Å²) in [6.07, 6.45) is -1.81. The highest BCUT2D eigenvalue weighted by molar-refractivity contribution is 5.80. The van der Waals surface area contributed by atoms with Crippen LogP contribution in [0.4, 0.5) is 13.2 Å². The van der Waals surface area contributed by atoms with Crippen molar-refractivity contribution in [3.05, 3.63) is 42.4 Å². The van der Waals surface area contributed by atoms with Gasteiger partial charge >= 0.3 is 12.1 Å². The van der Waals surface area contributed by atoms with Gasteiger partial charge in [-0.1, -0.05) is 12.1 Å². The maximum atomic E-state index is 12.7. The van der Waals surface area contributed by atoms with Crippen LogP contribution in [-0.2, 0) is 17.5 Å². The topological polar surface area (TPSA) is 77.1 Å². The number of aromatic nitrogens is 4. The molecule has 1 amide bonds. The summed E-state index contributed by atoms with van der Waals surface area (Å²) in [6, 6.07) is 7.48. The lowest BCUT2D eigenvalue weighted by molar-refractivity contribution is -0.157. The number of benzene rings is 1. The van der Waals surface area contributed by atoms with Crippen LogP contribution in [0.3, 0.4) is 0 Å². The predicted octanol–water partition coefficient (Wildman–Crippen LogP) is 2.84. The van der Waals surface area contributed by atoms with E-state index in [0.29, 0.717) is 19.4 Å². The van der Waals surface area contributed by atoms with Crippen molar-refractivity contribution in [1.29, 1.82) is 0 Å². The van der Waals surface area contributed by atoms with Crippen molar-refractivity contribution in [2.45, 2.75) is 31.5 Å². The number of fused-ring (bicyclic) bond motifs is 1. The lowest BCUT2D eigenvalue weighted by Gasteiger charge is -2.31. The number of imidazole rings is 1. The van der Waals surface area contributed by atoms with Crippen molar-refractivity contribution in [3.63, 3.8) is 0 Å². The molecule has 1 saturated heterocycles. The van der Waals surface area contributed by atoms with Crippen molar-refractivity contribution in [1.82, 2.24) is 24.6 Å². The van der Waals surface area contributed by atoms with Crippen LogP contribution < -0.4 is 0 Å². The minimum absolute atomic E-state index is 0.0760. The van der Waals surface area contributed by atoms with Gasteiger partial charge < -0.3 is 13.9 Å². The molecular formula is C17H16F3N5O2. The molecule has 1 aliphatic heterocycles. The van der Waals surface area contributed by atoms with Crippen molar-refractivity contribution >= 4 is 16.9 Å². The molecule has 0 radical (unpaired) electrons. The first kappa shape index (κ1) is 17.5. The zero-order chi connectivity index (χ0) is 19.0. The van der Waals surface area contributed by atoms with Gasteiger partial charge in [-0.15, -0.1) is 10.2 Å². The molecule has 142 valence electrons. The fraction of sp³-hybridized carbons (Fsp3) is 0.412. The molecule has 0 bridgehead atoms. The fourth-order valence-corrected chi connectivity index (χ4v) is 3.30. The third-order valence-electron chi connectivity index (χ3n) is 4.64. The number of para-hydroxylation sites is 2. The molecule has 0 saturated carbocycles. The lowest BCUT2D eigenvalue weighted by Crippen LogP contribution is -2.40. The summed E-state index contributed by atoms with van der Waals surface area (Å²) in [7, 11) is 0. The standard InChI is InChI=1S/C17H16F3N5O2/c18-17(19,20)16-23-22-15(27-16)11-4-3-7-24(8-11)14(26)9-25-10-21-12-5-1-2-6-13(12)25/h1-2,5-6,10-11H,3-4,7-9H2. The molecule has 27 heavy (non-hydrogen) atoms. The Bertz CT molecular complexity index is 965. The van der Waals surface area contributed by atoms with Crippen LogP contribution in [-0.4, -0.2) is 43.6 Å². The Morgan fingerprint density at radius 1 is 1.26 bits per heavy atom. The highest BCUT2D eigenvalue weighted by Gasteiger charge is 2.39. The Hall–Kier alpha value is -2.91. The number of carbonyl (C=O) groups is 1. The third kappa shape index (κ3) is 3.51. The van der Waals surface area contributed by atoms with Crippen molar-refractivity contribution < 1.29 is 22.4 Å². The number of amides is 1. The maximum Gasteiger partial charge on any atom is 0.470 e. The van der Waals surface area contributed by atoms with E-state index in [4.69, 9.17) is 4.42 Å². The minimum atomic E-state index is -4.67. The van der Waals surface area contributed by atoms with E-state index in [2.05, 4.69) is 15.2 Å². The van der Waals surface area contributed by atoms with Gasteiger partial charge in [0.15, 0.2) is 0 Å². The number of hydrogen-bond acceptors (Lipinski definition) is 5. The van der Waals surface area contributed by atoms with Crippen molar-refractivity contribution in [2.75, 3.05) is 13.1 Å².